The van der Waals surface area contributed by atoms with Crippen LogP contribution in [0.1, 0.15) is 31.4 Å². The Morgan fingerprint density at radius 2 is 1.90 bits per heavy atom. The van der Waals surface area contributed by atoms with Gasteiger partial charge in [-0.3, -0.25) is 9.59 Å². The zero-order chi connectivity index (χ0) is 21.2. The second kappa shape index (κ2) is 11.1. The van der Waals surface area contributed by atoms with Gasteiger partial charge in [-0.1, -0.05) is 37.3 Å². The summed E-state index contributed by atoms with van der Waals surface area (Å²) in [4.78, 5) is 27.1. The summed E-state index contributed by atoms with van der Waals surface area (Å²) in [5.41, 5.74) is 1.83. The quantitative estimate of drug-likeness (QED) is 0.667. The van der Waals surface area contributed by atoms with E-state index >= 15 is 0 Å². The van der Waals surface area contributed by atoms with Crippen molar-refractivity contribution in [3.8, 4) is 11.5 Å². The van der Waals surface area contributed by atoms with Crippen LogP contribution in [-0.2, 0) is 16.1 Å². The first-order valence-electron chi connectivity index (χ1n) is 9.84. The monoisotopic (exact) mass is 398 g/mol. The van der Waals surface area contributed by atoms with Crippen molar-refractivity contribution in [2.45, 2.75) is 39.8 Å². The van der Waals surface area contributed by atoms with Crippen LogP contribution in [0.25, 0.3) is 0 Å². The molecule has 2 aromatic rings. The predicted molar refractivity (Wildman–Crippen MR) is 113 cm³/mol. The Kier molecular flexibility index (Phi) is 8.52. The number of benzene rings is 2. The largest absolute Gasteiger partial charge is 0.497 e. The van der Waals surface area contributed by atoms with E-state index in [9.17, 15) is 9.59 Å². The highest BCUT2D eigenvalue weighted by molar-refractivity contribution is 5.87. The highest BCUT2D eigenvalue weighted by Crippen LogP contribution is 2.18. The maximum absolute atomic E-state index is 13.0. The van der Waals surface area contributed by atoms with E-state index in [-0.39, 0.29) is 25.0 Å². The van der Waals surface area contributed by atoms with Crippen molar-refractivity contribution >= 4 is 11.8 Å². The van der Waals surface area contributed by atoms with Gasteiger partial charge >= 0.3 is 0 Å². The van der Waals surface area contributed by atoms with E-state index in [2.05, 4.69) is 5.32 Å². The van der Waals surface area contributed by atoms with Crippen LogP contribution in [0.5, 0.6) is 11.5 Å². The SMILES string of the molecule is CCCNC(=O)[C@@H](C)N(Cc1cccc(OC)c1)C(=O)COc1ccccc1C. The lowest BCUT2D eigenvalue weighted by molar-refractivity contribution is -0.142. The van der Waals surface area contributed by atoms with Crippen molar-refractivity contribution in [2.24, 2.45) is 0 Å². The average molecular weight is 399 g/mol. The molecule has 1 atom stereocenters. The third-order valence-electron chi connectivity index (χ3n) is 4.65. The molecule has 0 saturated heterocycles. The van der Waals surface area contributed by atoms with Crippen molar-refractivity contribution in [3.63, 3.8) is 0 Å². The van der Waals surface area contributed by atoms with Crippen molar-refractivity contribution < 1.29 is 19.1 Å². The number of nitrogens with zero attached hydrogens (tertiary/aromatic N) is 1. The summed E-state index contributed by atoms with van der Waals surface area (Å²) in [5, 5.41) is 2.86. The molecule has 0 spiro atoms. The van der Waals surface area contributed by atoms with E-state index in [1.54, 1.807) is 14.0 Å². The fourth-order valence-corrected chi connectivity index (χ4v) is 2.89. The Hall–Kier alpha value is -3.02. The number of aryl methyl sites for hydroxylation is 1. The fraction of sp³-hybridized carbons (Fsp3) is 0.391. The summed E-state index contributed by atoms with van der Waals surface area (Å²) < 4.78 is 11.0. The Labute approximate surface area is 172 Å². The van der Waals surface area contributed by atoms with Crippen LogP contribution < -0.4 is 14.8 Å². The molecule has 2 aromatic carbocycles. The lowest BCUT2D eigenvalue weighted by Crippen LogP contribution is -2.49. The zero-order valence-corrected chi connectivity index (χ0v) is 17.6. The Balaban J connectivity index is 2.16. The molecule has 0 saturated carbocycles. The van der Waals surface area contributed by atoms with Crippen LogP contribution in [0.15, 0.2) is 48.5 Å². The van der Waals surface area contributed by atoms with Crippen LogP contribution in [0, 0.1) is 6.92 Å². The summed E-state index contributed by atoms with van der Waals surface area (Å²) in [6, 6.07) is 14.4. The Morgan fingerprint density at radius 3 is 2.59 bits per heavy atom. The minimum absolute atomic E-state index is 0.139. The molecule has 0 aliphatic heterocycles. The molecule has 0 heterocycles. The second-order valence-electron chi connectivity index (χ2n) is 6.89. The molecule has 6 nitrogen and oxygen atoms in total. The number of nitrogens with one attached hydrogen (secondary N) is 1. The minimum atomic E-state index is -0.624. The first kappa shape index (κ1) is 22.3. The Bertz CT molecular complexity index is 822. The number of carbonyl (C=O) groups is 2. The number of methoxy groups -OCH3 is 1. The zero-order valence-electron chi connectivity index (χ0n) is 17.6. The highest BCUT2D eigenvalue weighted by atomic mass is 16.5. The number of para-hydroxylation sites is 1. The van der Waals surface area contributed by atoms with Gasteiger partial charge in [-0.05, 0) is 49.6 Å². The van der Waals surface area contributed by atoms with Crippen LogP contribution in [0.3, 0.4) is 0 Å². The van der Waals surface area contributed by atoms with E-state index in [0.29, 0.717) is 18.0 Å². The van der Waals surface area contributed by atoms with Crippen LogP contribution in [0.4, 0.5) is 0 Å². The van der Waals surface area contributed by atoms with Gasteiger partial charge in [0.25, 0.3) is 5.91 Å². The maximum atomic E-state index is 13.0. The molecule has 2 rings (SSSR count). The summed E-state index contributed by atoms with van der Waals surface area (Å²) in [6.07, 6.45) is 0.832. The van der Waals surface area contributed by atoms with Crippen molar-refractivity contribution in [2.75, 3.05) is 20.3 Å². The summed E-state index contributed by atoms with van der Waals surface area (Å²) in [5.74, 6) is 0.925. The van der Waals surface area contributed by atoms with Gasteiger partial charge in [0.15, 0.2) is 6.61 Å². The molecule has 0 aromatic heterocycles. The van der Waals surface area contributed by atoms with Crippen molar-refractivity contribution in [3.05, 3.63) is 59.7 Å². The van der Waals surface area contributed by atoms with Crippen molar-refractivity contribution in [1.29, 1.82) is 0 Å². The van der Waals surface area contributed by atoms with Gasteiger partial charge in [0.05, 0.1) is 7.11 Å². The first-order chi connectivity index (χ1) is 14.0. The lowest BCUT2D eigenvalue weighted by Gasteiger charge is -2.29. The summed E-state index contributed by atoms with van der Waals surface area (Å²) in [6.45, 7) is 6.36. The molecule has 29 heavy (non-hydrogen) atoms. The first-order valence-corrected chi connectivity index (χ1v) is 9.84. The van der Waals surface area contributed by atoms with E-state index in [1.807, 2.05) is 62.4 Å². The smallest absolute Gasteiger partial charge is 0.261 e. The molecule has 2 amide bonds. The number of ether oxygens (including phenoxy) is 2. The fourth-order valence-electron chi connectivity index (χ4n) is 2.89. The number of carbonyl (C=O) groups excluding carboxylic acids is 2. The molecule has 0 aliphatic rings. The molecule has 6 heteroatoms. The number of rotatable bonds is 10. The third-order valence-corrected chi connectivity index (χ3v) is 4.65. The topological polar surface area (TPSA) is 67.9 Å². The van der Waals surface area contributed by atoms with Gasteiger partial charge < -0.3 is 19.7 Å². The minimum Gasteiger partial charge on any atom is -0.497 e. The van der Waals surface area contributed by atoms with Crippen LogP contribution >= 0.6 is 0 Å². The molecule has 0 unspecified atom stereocenters. The van der Waals surface area contributed by atoms with Gasteiger partial charge in [-0.15, -0.1) is 0 Å². The van der Waals surface area contributed by atoms with Crippen LogP contribution in [-0.4, -0.2) is 43.0 Å². The van der Waals surface area contributed by atoms with Gasteiger partial charge in [0.2, 0.25) is 5.91 Å². The molecule has 0 radical (unpaired) electrons. The van der Waals surface area contributed by atoms with Crippen molar-refractivity contribution in [1.82, 2.24) is 10.2 Å². The molecule has 0 fully saturated rings. The van der Waals surface area contributed by atoms with Gasteiger partial charge in [0, 0.05) is 13.1 Å². The lowest BCUT2D eigenvalue weighted by atomic mass is 10.1. The summed E-state index contributed by atoms with van der Waals surface area (Å²) in [7, 11) is 1.60. The Morgan fingerprint density at radius 1 is 1.14 bits per heavy atom. The molecular weight excluding hydrogens is 368 g/mol. The molecule has 0 aliphatic carbocycles. The number of hydrogen-bond donors (Lipinski definition) is 1. The van der Waals surface area contributed by atoms with Gasteiger partial charge in [-0.25, -0.2) is 0 Å². The number of amides is 2. The normalized spacial score (nSPS) is 11.4. The maximum Gasteiger partial charge on any atom is 0.261 e. The third kappa shape index (κ3) is 6.52. The number of hydrogen-bond acceptors (Lipinski definition) is 4. The van der Waals surface area contributed by atoms with Crippen LogP contribution in [0.2, 0.25) is 0 Å². The second-order valence-corrected chi connectivity index (χ2v) is 6.89. The van der Waals surface area contributed by atoms with E-state index < -0.39 is 6.04 Å². The van der Waals surface area contributed by atoms with E-state index in [1.165, 1.54) is 4.90 Å². The summed E-state index contributed by atoms with van der Waals surface area (Å²) >= 11 is 0. The molecule has 1 N–H and O–H groups in total. The van der Waals surface area contributed by atoms with E-state index in [4.69, 9.17) is 9.47 Å². The predicted octanol–water partition coefficient (Wildman–Crippen LogP) is 3.33. The highest BCUT2D eigenvalue weighted by Gasteiger charge is 2.26. The van der Waals surface area contributed by atoms with E-state index in [0.717, 1.165) is 17.5 Å². The average Bonchev–Trinajstić information content (AvgIpc) is 2.74. The molecule has 0 bridgehead atoms. The standard InChI is InChI=1S/C23H30N2O4/c1-5-13-24-23(27)18(3)25(15-19-10-8-11-20(14-19)28-4)22(26)16-29-21-12-7-6-9-17(21)2/h6-12,14,18H,5,13,15-16H2,1-4H3,(H,24,27)/t18-/m1/s1. The molecule has 156 valence electrons. The van der Waals surface area contributed by atoms with Gasteiger partial charge in [-0.2, -0.15) is 0 Å². The molecular formula is C23H30N2O4. The van der Waals surface area contributed by atoms with Gasteiger partial charge in [0.1, 0.15) is 17.5 Å².